The summed E-state index contributed by atoms with van der Waals surface area (Å²) < 4.78 is 23.9. The van der Waals surface area contributed by atoms with Crippen LogP contribution in [0.4, 0.5) is 0 Å². The molecule has 168 valence electrons. The zero-order chi connectivity index (χ0) is 22.5. The highest BCUT2D eigenvalue weighted by Gasteiger charge is 2.45. The molecule has 0 aliphatic carbocycles. The van der Waals surface area contributed by atoms with Crippen LogP contribution in [-0.2, 0) is 9.16 Å². The number of azide groups is 1. The Morgan fingerprint density at radius 2 is 2.10 bits per heavy atom. The Kier molecular flexibility index (Phi) is 8.10. The number of hydrogen-bond donors (Lipinski definition) is 0. The van der Waals surface area contributed by atoms with E-state index < -0.39 is 14.5 Å². The first-order chi connectivity index (χ1) is 14.0. The fourth-order valence-electron chi connectivity index (χ4n) is 3.16. The molecular formula is C20H35N5O4Si. The SMILES string of the molecule is CCOc1nc(O[C@@H]2C[C@@H](N=[N+]=[N-])O[C@@H]2CO[Si](C)(C)C(C)(C)C(C)C)ncc1C. The summed E-state index contributed by atoms with van der Waals surface area (Å²) in [7, 11) is -2.04. The zero-order valence-corrected chi connectivity index (χ0v) is 20.4. The molecule has 1 aliphatic heterocycles. The molecule has 1 fully saturated rings. The molecule has 0 aromatic carbocycles. The Morgan fingerprint density at radius 3 is 2.70 bits per heavy atom. The van der Waals surface area contributed by atoms with Crippen molar-refractivity contribution < 1.29 is 18.6 Å². The number of aryl methyl sites for hydroxylation is 1. The molecule has 1 aromatic rings. The Hall–Kier alpha value is -1.87. The van der Waals surface area contributed by atoms with Crippen LogP contribution < -0.4 is 9.47 Å². The number of rotatable bonds is 10. The van der Waals surface area contributed by atoms with Crippen LogP contribution in [-0.4, -0.2) is 49.9 Å². The minimum atomic E-state index is -2.04. The molecule has 0 saturated carbocycles. The average Bonchev–Trinajstić information content (AvgIpc) is 3.04. The van der Waals surface area contributed by atoms with Crippen LogP contribution in [0.25, 0.3) is 10.4 Å². The molecule has 10 heteroatoms. The highest BCUT2D eigenvalue weighted by atomic mass is 28.4. The van der Waals surface area contributed by atoms with Crippen molar-refractivity contribution in [1.29, 1.82) is 0 Å². The molecule has 1 aromatic heterocycles. The van der Waals surface area contributed by atoms with E-state index in [2.05, 4.69) is 60.8 Å². The molecule has 0 spiro atoms. The molecule has 0 amide bonds. The van der Waals surface area contributed by atoms with Gasteiger partial charge >= 0.3 is 6.01 Å². The van der Waals surface area contributed by atoms with E-state index in [-0.39, 0.29) is 23.3 Å². The smallest absolute Gasteiger partial charge is 0.320 e. The molecule has 0 radical (unpaired) electrons. The first-order valence-electron chi connectivity index (χ1n) is 10.5. The molecule has 0 N–H and O–H groups in total. The van der Waals surface area contributed by atoms with Gasteiger partial charge in [-0.2, -0.15) is 4.98 Å². The summed E-state index contributed by atoms with van der Waals surface area (Å²) in [5.74, 6) is 0.984. The third kappa shape index (κ3) is 5.63. The van der Waals surface area contributed by atoms with E-state index in [0.717, 1.165) is 5.56 Å². The van der Waals surface area contributed by atoms with E-state index in [4.69, 9.17) is 24.2 Å². The summed E-state index contributed by atoms with van der Waals surface area (Å²) in [4.78, 5) is 11.5. The van der Waals surface area contributed by atoms with Gasteiger partial charge in [0.15, 0.2) is 8.32 Å². The summed E-state index contributed by atoms with van der Waals surface area (Å²) in [6.07, 6.45) is 0.712. The summed E-state index contributed by atoms with van der Waals surface area (Å²) in [5, 5.41) is 3.80. The van der Waals surface area contributed by atoms with Gasteiger partial charge in [-0.1, -0.05) is 32.8 Å². The fraction of sp³-hybridized carbons (Fsp3) is 0.800. The average molecular weight is 438 g/mol. The lowest BCUT2D eigenvalue weighted by molar-refractivity contribution is -0.0131. The van der Waals surface area contributed by atoms with Crippen LogP contribution in [0.1, 0.15) is 46.6 Å². The van der Waals surface area contributed by atoms with Crippen molar-refractivity contribution in [2.24, 2.45) is 11.0 Å². The molecule has 0 bridgehead atoms. The summed E-state index contributed by atoms with van der Waals surface area (Å²) in [6.45, 7) is 18.0. The predicted octanol–water partition coefficient (Wildman–Crippen LogP) is 5.01. The lowest BCUT2D eigenvalue weighted by Crippen LogP contribution is -2.47. The van der Waals surface area contributed by atoms with E-state index in [9.17, 15) is 0 Å². The molecule has 30 heavy (non-hydrogen) atoms. The maximum atomic E-state index is 8.81. The molecule has 2 rings (SSSR count). The third-order valence-corrected chi connectivity index (χ3v) is 11.0. The second kappa shape index (κ2) is 9.96. The Labute approximate surface area is 180 Å². The van der Waals surface area contributed by atoms with Crippen LogP contribution >= 0.6 is 0 Å². The lowest BCUT2D eigenvalue weighted by Gasteiger charge is -2.43. The van der Waals surface area contributed by atoms with E-state index in [1.165, 1.54) is 0 Å². The van der Waals surface area contributed by atoms with Crippen LogP contribution in [0.3, 0.4) is 0 Å². The molecule has 1 aliphatic rings. The normalized spacial score (nSPS) is 22.1. The van der Waals surface area contributed by atoms with Gasteiger partial charge in [-0.05, 0) is 43.4 Å². The van der Waals surface area contributed by atoms with Crippen LogP contribution in [0, 0.1) is 12.8 Å². The van der Waals surface area contributed by atoms with E-state index in [1.807, 2.05) is 13.8 Å². The second-order valence-corrected chi connectivity index (χ2v) is 13.6. The van der Waals surface area contributed by atoms with E-state index >= 15 is 0 Å². The van der Waals surface area contributed by atoms with Crippen molar-refractivity contribution in [3.63, 3.8) is 0 Å². The number of nitrogens with zero attached hydrogens (tertiary/aromatic N) is 5. The van der Waals surface area contributed by atoms with E-state index in [0.29, 0.717) is 31.4 Å². The van der Waals surface area contributed by atoms with Crippen molar-refractivity contribution in [2.45, 2.75) is 84.5 Å². The van der Waals surface area contributed by atoms with Gasteiger partial charge < -0.3 is 18.6 Å². The standard InChI is InChI=1S/C20H35N5O4Si/c1-9-26-18-14(4)11-22-19(23-18)29-15-10-17(24-25-21)28-16(15)12-27-30(7,8)20(5,6)13(2)3/h11,13,15-17H,9-10,12H2,1-8H3/t15-,16-,17+/m1/s1. The minimum Gasteiger partial charge on any atom is -0.478 e. The first-order valence-corrected chi connectivity index (χ1v) is 13.4. The maximum Gasteiger partial charge on any atom is 0.320 e. The Morgan fingerprint density at radius 1 is 1.40 bits per heavy atom. The molecular weight excluding hydrogens is 402 g/mol. The van der Waals surface area contributed by atoms with Crippen LogP contribution in [0.15, 0.2) is 11.3 Å². The van der Waals surface area contributed by atoms with Gasteiger partial charge in [-0.25, -0.2) is 4.98 Å². The quantitative estimate of drug-likeness (QED) is 0.220. The van der Waals surface area contributed by atoms with Gasteiger partial charge in [-0.3, -0.25) is 0 Å². The van der Waals surface area contributed by atoms with E-state index in [1.54, 1.807) is 6.20 Å². The maximum absolute atomic E-state index is 8.81. The van der Waals surface area contributed by atoms with Crippen molar-refractivity contribution in [1.82, 2.24) is 9.97 Å². The fourth-order valence-corrected chi connectivity index (χ4v) is 5.50. The van der Waals surface area contributed by atoms with Crippen molar-refractivity contribution in [3.8, 4) is 11.9 Å². The van der Waals surface area contributed by atoms with Gasteiger partial charge in [0.2, 0.25) is 5.88 Å². The third-order valence-electron chi connectivity index (χ3n) is 6.41. The predicted molar refractivity (Wildman–Crippen MR) is 117 cm³/mol. The molecule has 2 heterocycles. The van der Waals surface area contributed by atoms with Gasteiger partial charge in [0.05, 0.1) is 13.2 Å². The monoisotopic (exact) mass is 437 g/mol. The highest BCUT2D eigenvalue weighted by molar-refractivity contribution is 6.74. The Bertz CT molecular complexity index is 768. The highest BCUT2D eigenvalue weighted by Crippen LogP contribution is 2.44. The van der Waals surface area contributed by atoms with Crippen molar-refractivity contribution in [3.05, 3.63) is 22.2 Å². The van der Waals surface area contributed by atoms with Crippen molar-refractivity contribution in [2.75, 3.05) is 13.2 Å². The topological polar surface area (TPSA) is 111 Å². The van der Waals surface area contributed by atoms with Gasteiger partial charge in [0, 0.05) is 23.1 Å². The van der Waals surface area contributed by atoms with Crippen LogP contribution in [0.2, 0.25) is 18.1 Å². The van der Waals surface area contributed by atoms with Crippen LogP contribution in [0.5, 0.6) is 11.9 Å². The number of hydrogen-bond acceptors (Lipinski definition) is 7. The zero-order valence-electron chi connectivity index (χ0n) is 19.4. The molecule has 0 unspecified atom stereocenters. The largest absolute Gasteiger partial charge is 0.478 e. The molecule has 9 nitrogen and oxygen atoms in total. The number of aromatic nitrogens is 2. The number of ether oxygens (including phenoxy) is 3. The molecule has 3 atom stereocenters. The first kappa shape index (κ1) is 24.4. The second-order valence-electron chi connectivity index (χ2n) is 9.00. The summed E-state index contributed by atoms with van der Waals surface area (Å²) in [5.41, 5.74) is 9.65. The van der Waals surface area contributed by atoms with Gasteiger partial charge in [0.1, 0.15) is 18.4 Å². The van der Waals surface area contributed by atoms with Gasteiger partial charge in [0.25, 0.3) is 0 Å². The Balaban J connectivity index is 2.15. The summed E-state index contributed by atoms with van der Waals surface area (Å²) in [6, 6.07) is 0.211. The minimum absolute atomic E-state index is 0.0820. The lowest BCUT2D eigenvalue weighted by atomic mass is 9.99. The summed E-state index contributed by atoms with van der Waals surface area (Å²) >= 11 is 0. The van der Waals surface area contributed by atoms with Gasteiger partial charge in [-0.15, -0.1) is 0 Å². The molecule has 1 saturated heterocycles. The van der Waals surface area contributed by atoms with Crippen molar-refractivity contribution >= 4 is 8.32 Å².